The lowest BCUT2D eigenvalue weighted by Crippen LogP contribution is -1.96. The predicted octanol–water partition coefficient (Wildman–Crippen LogP) is -0.713. The van der Waals surface area contributed by atoms with Crippen LogP contribution in [0.2, 0.25) is 0 Å². The van der Waals surface area contributed by atoms with E-state index in [1.807, 2.05) is 0 Å². The fourth-order valence-corrected chi connectivity index (χ4v) is 2.40. The first kappa shape index (κ1) is 7.61. The van der Waals surface area contributed by atoms with Crippen LogP contribution < -0.4 is 9.47 Å². The van der Waals surface area contributed by atoms with Crippen molar-refractivity contribution in [1.29, 1.82) is 0 Å². The summed E-state index contributed by atoms with van der Waals surface area (Å²) in [4.78, 5) is 10.6. The van der Waals surface area contributed by atoms with E-state index < -0.39 is 5.97 Å². The minimum atomic E-state index is -0.926. The van der Waals surface area contributed by atoms with Gasteiger partial charge in [0.1, 0.15) is 4.88 Å². The second kappa shape index (κ2) is 2.62. The van der Waals surface area contributed by atoms with Crippen molar-refractivity contribution in [2.75, 3.05) is 5.73 Å². The van der Waals surface area contributed by atoms with Crippen LogP contribution in [0.5, 0.6) is 0 Å². The second-order valence-corrected chi connectivity index (χ2v) is 5.01. The summed E-state index contributed by atoms with van der Waals surface area (Å²) in [5, 5.41) is 8.52. The summed E-state index contributed by atoms with van der Waals surface area (Å²) in [5.74, 6) is -0.926. The average molecular weight is 171 g/mol. The van der Waals surface area contributed by atoms with Gasteiger partial charge in [-0.25, -0.2) is 4.79 Å². The van der Waals surface area contributed by atoms with Gasteiger partial charge in [0.2, 0.25) is 0 Å². The number of nitrogen functional groups attached to an aromatic ring is 1. The summed E-state index contributed by atoms with van der Waals surface area (Å²) >= 11 is 2.12. The summed E-state index contributed by atoms with van der Waals surface area (Å²) in [5.41, 5.74) is 5.79. The van der Waals surface area contributed by atoms with E-state index in [9.17, 15) is 4.79 Å². The lowest BCUT2D eigenvalue weighted by molar-refractivity contribution is 0.0703. The van der Waals surface area contributed by atoms with Crippen LogP contribution >= 0.6 is 11.3 Å². The van der Waals surface area contributed by atoms with Crippen LogP contribution in [-0.2, 0) is 0 Å². The zero-order valence-corrected chi connectivity index (χ0v) is 8.23. The molecule has 0 aliphatic rings. The van der Waals surface area contributed by atoms with Gasteiger partial charge in [-0.15, -0.1) is 0 Å². The van der Waals surface area contributed by atoms with Crippen molar-refractivity contribution in [3.8, 4) is 0 Å². The van der Waals surface area contributed by atoms with Gasteiger partial charge < -0.3 is 10.8 Å². The van der Waals surface area contributed by atoms with Crippen LogP contribution in [0.4, 0.5) is 5.69 Å². The maximum absolute atomic E-state index is 10.4. The number of hydrogen-bond acceptors (Lipinski definition) is 3. The smallest absolute Gasteiger partial charge is 0.347 e. The third-order valence-electron chi connectivity index (χ3n) is 1.08. The van der Waals surface area contributed by atoms with E-state index in [1.54, 1.807) is 6.07 Å². The highest BCUT2D eigenvalue weighted by molar-refractivity contribution is 7.22. The highest BCUT2D eigenvalue weighted by Crippen LogP contribution is 2.15. The Morgan fingerprint density at radius 1 is 1.80 bits per heavy atom. The summed E-state index contributed by atoms with van der Waals surface area (Å²) < 4.78 is 1.06. The fourth-order valence-electron chi connectivity index (χ4n) is 0.701. The van der Waals surface area contributed by atoms with Crippen LogP contribution in [0.1, 0.15) is 9.67 Å². The Hall–Kier alpha value is -0.498. The quantitative estimate of drug-likeness (QED) is 0.548. The largest absolute Gasteiger partial charge is 0.477 e. The first-order valence-corrected chi connectivity index (χ1v) is 4.52. The zero-order valence-electron chi connectivity index (χ0n) is 5.42. The number of aromatic carboxylic acids is 1. The predicted molar refractivity (Wildman–Crippen MR) is 43.9 cm³/mol. The molecule has 0 atom stereocenters. The molecule has 0 radical (unpaired) electrons. The van der Waals surface area contributed by atoms with E-state index in [-0.39, 0.29) is 4.88 Å². The summed E-state index contributed by atoms with van der Waals surface area (Å²) in [6, 6.07) is 1.72. The third kappa shape index (κ3) is 1.32. The van der Waals surface area contributed by atoms with Crippen molar-refractivity contribution in [2.45, 2.75) is 0 Å². The van der Waals surface area contributed by atoms with Crippen molar-refractivity contribution in [2.24, 2.45) is 0 Å². The van der Waals surface area contributed by atoms with Crippen molar-refractivity contribution >= 4 is 43.0 Å². The zero-order chi connectivity index (χ0) is 7.72. The SMILES string of the molecule is Nc1c[c]([AlH2])sc1C(=O)O. The topological polar surface area (TPSA) is 63.3 Å². The molecule has 0 bridgehead atoms. The molecule has 5 heteroatoms. The molecular weight excluding hydrogens is 165 g/mol. The maximum atomic E-state index is 10.4. The molecule has 0 aromatic carbocycles. The van der Waals surface area contributed by atoms with E-state index in [4.69, 9.17) is 10.8 Å². The van der Waals surface area contributed by atoms with Gasteiger partial charge >= 0.3 is 5.97 Å². The molecule has 10 heavy (non-hydrogen) atoms. The number of hydrogen-bond donors (Lipinski definition) is 2. The Morgan fingerprint density at radius 3 is 2.60 bits per heavy atom. The van der Waals surface area contributed by atoms with E-state index in [0.717, 1.165) is 20.0 Å². The maximum Gasteiger partial charge on any atom is 0.347 e. The fraction of sp³-hybridized carbons (Fsp3) is 0. The van der Waals surface area contributed by atoms with Gasteiger partial charge in [-0.2, -0.15) is 11.3 Å². The highest BCUT2D eigenvalue weighted by Gasteiger charge is 2.09. The van der Waals surface area contributed by atoms with E-state index in [0.29, 0.717) is 5.69 Å². The van der Waals surface area contributed by atoms with Gasteiger partial charge in [0.05, 0.1) is 5.69 Å². The van der Waals surface area contributed by atoms with E-state index in [2.05, 4.69) is 0 Å². The average Bonchev–Trinajstić information content (AvgIpc) is 2.10. The Labute approximate surface area is 69.9 Å². The molecule has 1 heterocycles. The van der Waals surface area contributed by atoms with Gasteiger partial charge in [-0.3, -0.25) is 0 Å². The number of carboxylic acid groups (broad SMARTS) is 1. The van der Waals surface area contributed by atoms with Crippen LogP contribution in [0.25, 0.3) is 0 Å². The van der Waals surface area contributed by atoms with Gasteiger partial charge in [0, 0.05) is 0 Å². The molecule has 52 valence electrons. The lowest BCUT2D eigenvalue weighted by Gasteiger charge is -1.86. The Morgan fingerprint density at radius 2 is 2.40 bits per heavy atom. The summed E-state index contributed by atoms with van der Waals surface area (Å²) in [7, 11) is 0. The second-order valence-electron chi connectivity index (χ2n) is 1.95. The molecule has 0 unspecified atom stereocenters. The first-order chi connectivity index (χ1) is 4.61. The molecule has 0 aliphatic heterocycles. The number of nitrogens with two attached hydrogens (primary N) is 1. The van der Waals surface area contributed by atoms with Gasteiger partial charge in [-0.1, -0.05) is 3.74 Å². The van der Waals surface area contributed by atoms with Crippen molar-refractivity contribution in [1.82, 2.24) is 0 Å². The van der Waals surface area contributed by atoms with Crippen LogP contribution in [0.3, 0.4) is 0 Å². The molecule has 0 amide bonds. The minimum absolute atomic E-state index is 0.269. The monoisotopic (exact) mass is 171 g/mol. The highest BCUT2D eigenvalue weighted by atomic mass is 32.1. The molecule has 3 N–H and O–H groups in total. The van der Waals surface area contributed by atoms with Crippen molar-refractivity contribution in [3.05, 3.63) is 10.9 Å². The third-order valence-corrected chi connectivity index (χ3v) is 3.03. The van der Waals surface area contributed by atoms with Crippen LogP contribution in [0.15, 0.2) is 6.07 Å². The normalized spacial score (nSPS) is 9.60. The summed E-state index contributed by atoms with van der Waals surface area (Å²) in [6.45, 7) is 0. The van der Waals surface area contributed by atoms with Gasteiger partial charge in [-0.05, 0) is 6.07 Å². The number of anilines is 1. The van der Waals surface area contributed by atoms with Crippen molar-refractivity contribution < 1.29 is 9.90 Å². The molecule has 0 saturated heterocycles. The van der Waals surface area contributed by atoms with Gasteiger partial charge in [0.15, 0.2) is 0 Å². The lowest BCUT2D eigenvalue weighted by atomic mass is 10.4. The molecule has 0 saturated carbocycles. The van der Waals surface area contributed by atoms with Crippen LogP contribution in [-0.4, -0.2) is 27.4 Å². The van der Waals surface area contributed by atoms with Crippen molar-refractivity contribution in [3.63, 3.8) is 0 Å². The number of thiophene rings is 1. The molecule has 0 spiro atoms. The summed E-state index contributed by atoms with van der Waals surface area (Å²) in [6.07, 6.45) is 0. The Balaban J connectivity index is 3.15. The standard InChI is InChI=1S/C5H4NO2S.Al.2H/c6-3-1-2-9-4(3)5(7)8;;;/h1H,6H2,(H,7,8);;;. The number of carboxylic acids is 1. The molecular formula is C5H6AlNO2S. The number of carbonyl (C=O) groups is 1. The van der Waals surface area contributed by atoms with E-state index >= 15 is 0 Å². The molecule has 0 aliphatic carbocycles. The minimum Gasteiger partial charge on any atom is -0.477 e. The number of rotatable bonds is 1. The molecule has 1 aromatic heterocycles. The molecule has 1 aromatic rings. The van der Waals surface area contributed by atoms with Crippen LogP contribution in [0, 0.1) is 0 Å². The Bertz CT molecular complexity index is 271. The molecule has 1 rings (SSSR count). The molecule has 3 nitrogen and oxygen atoms in total. The van der Waals surface area contributed by atoms with Gasteiger partial charge in [0.25, 0.3) is 16.3 Å². The first-order valence-electron chi connectivity index (χ1n) is 2.70. The molecule has 0 fully saturated rings. The van der Waals surface area contributed by atoms with E-state index in [1.165, 1.54) is 11.3 Å². The Kier molecular flexibility index (Phi) is 2.00.